The predicted octanol–water partition coefficient (Wildman–Crippen LogP) is 5.88. The number of halogens is 1. The summed E-state index contributed by atoms with van der Waals surface area (Å²) in [6.07, 6.45) is 2.25. The maximum Gasteiger partial charge on any atom is 0.335 e. The molecule has 3 aromatic rings. The van der Waals surface area contributed by atoms with Crippen LogP contribution in [0.3, 0.4) is 0 Å². The smallest absolute Gasteiger partial charge is 0.335 e. The minimum absolute atomic E-state index is 0.195. The van der Waals surface area contributed by atoms with Crippen LogP contribution in [0.25, 0.3) is 6.08 Å². The third kappa shape index (κ3) is 6.23. The first kappa shape index (κ1) is 26.9. The van der Waals surface area contributed by atoms with Crippen molar-refractivity contribution in [2.45, 2.75) is 26.9 Å². The number of barbiturate groups is 1. The summed E-state index contributed by atoms with van der Waals surface area (Å²) in [7, 11) is 0. The van der Waals surface area contributed by atoms with Gasteiger partial charge in [-0.15, -0.1) is 0 Å². The van der Waals surface area contributed by atoms with Crippen LogP contribution in [0.2, 0.25) is 0 Å². The standard InChI is InChI=1S/C29H27BrN2O6/c1-3-14-37-26-17-24(30)20(16-25(26)36-4-2)15-23-27(33)31-29(35)32(28(23)34)21-10-12-22(13-11-21)38-18-19-8-6-5-7-9-19/h5-13,15-17H,3-4,14,18H2,1-2H3,(H,31,33,35)/b23-15-. The van der Waals surface area contributed by atoms with E-state index in [1.807, 2.05) is 44.2 Å². The number of ether oxygens (including phenoxy) is 3. The third-order valence-electron chi connectivity index (χ3n) is 5.57. The minimum atomic E-state index is -0.826. The number of hydrogen-bond donors (Lipinski definition) is 1. The summed E-state index contributed by atoms with van der Waals surface area (Å²) in [5.41, 5.74) is 1.64. The zero-order valence-corrected chi connectivity index (χ0v) is 22.6. The van der Waals surface area contributed by atoms with Crippen LogP contribution in [-0.2, 0) is 16.2 Å². The third-order valence-corrected chi connectivity index (χ3v) is 6.26. The monoisotopic (exact) mass is 578 g/mol. The highest BCUT2D eigenvalue weighted by Gasteiger charge is 2.37. The fraction of sp³-hybridized carbons (Fsp3) is 0.207. The molecule has 3 aromatic carbocycles. The molecule has 1 fully saturated rings. The number of anilines is 1. The van der Waals surface area contributed by atoms with Crippen molar-refractivity contribution in [3.63, 3.8) is 0 Å². The first-order valence-corrected chi connectivity index (χ1v) is 13.0. The van der Waals surface area contributed by atoms with Crippen LogP contribution in [-0.4, -0.2) is 31.1 Å². The van der Waals surface area contributed by atoms with E-state index in [-0.39, 0.29) is 5.57 Å². The number of carbonyl (C=O) groups is 3. The molecule has 8 nitrogen and oxygen atoms in total. The molecule has 1 heterocycles. The van der Waals surface area contributed by atoms with Crippen LogP contribution in [0.1, 0.15) is 31.4 Å². The number of amides is 4. The number of carbonyl (C=O) groups excluding carboxylic acids is 3. The molecule has 4 amide bonds. The Morgan fingerprint density at radius 3 is 2.29 bits per heavy atom. The van der Waals surface area contributed by atoms with E-state index in [0.29, 0.717) is 52.8 Å². The van der Waals surface area contributed by atoms with Crippen LogP contribution in [0.15, 0.2) is 76.8 Å². The number of nitrogens with one attached hydrogen (secondary N) is 1. The SMILES string of the molecule is CCCOc1cc(Br)c(/C=C2/C(=O)NC(=O)N(c3ccc(OCc4ccccc4)cc3)C2=O)cc1OCC. The first-order valence-electron chi connectivity index (χ1n) is 12.2. The molecular weight excluding hydrogens is 552 g/mol. The molecule has 0 unspecified atom stereocenters. The molecule has 4 rings (SSSR count). The van der Waals surface area contributed by atoms with Crippen molar-refractivity contribution in [1.29, 1.82) is 0 Å². The molecule has 0 radical (unpaired) electrons. The molecule has 0 aromatic heterocycles. The number of rotatable bonds is 10. The van der Waals surface area contributed by atoms with E-state index in [1.54, 1.807) is 36.4 Å². The van der Waals surface area contributed by atoms with E-state index in [9.17, 15) is 14.4 Å². The molecule has 38 heavy (non-hydrogen) atoms. The van der Waals surface area contributed by atoms with Gasteiger partial charge in [0.25, 0.3) is 11.8 Å². The Morgan fingerprint density at radius 2 is 1.61 bits per heavy atom. The average Bonchev–Trinajstić information content (AvgIpc) is 2.91. The molecule has 0 atom stereocenters. The van der Waals surface area contributed by atoms with E-state index in [2.05, 4.69) is 21.2 Å². The second-order valence-electron chi connectivity index (χ2n) is 8.33. The van der Waals surface area contributed by atoms with Gasteiger partial charge in [0.05, 0.1) is 18.9 Å². The maximum absolute atomic E-state index is 13.4. The Morgan fingerprint density at radius 1 is 0.895 bits per heavy atom. The lowest BCUT2D eigenvalue weighted by molar-refractivity contribution is -0.122. The van der Waals surface area contributed by atoms with E-state index in [4.69, 9.17) is 14.2 Å². The summed E-state index contributed by atoms with van der Waals surface area (Å²) in [6, 6.07) is 18.8. The van der Waals surface area contributed by atoms with Crippen LogP contribution < -0.4 is 24.4 Å². The summed E-state index contributed by atoms with van der Waals surface area (Å²) < 4.78 is 17.9. The van der Waals surface area contributed by atoms with Gasteiger partial charge in [-0.25, -0.2) is 9.69 Å². The molecule has 0 bridgehead atoms. The normalized spacial score (nSPS) is 14.4. The topological polar surface area (TPSA) is 94.2 Å². The molecular formula is C29H27BrN2O6. The first-order chi connectivity index (χ1) is 18.4. The number of urea groups is 1. The van der Waals surface area contributed by atoms with Gasteiger partial charge < -0.3 is 14.2 Å². The molecule has 0 saturated carbocycles. The highest BCUT2D eigenvalue weighted by atomic mass is 79.9. The summed E-state index contributed by atoms with van der Waals surface area (Å²) >= 11 is 3.48. The van der Waals surface area contributed by atoms with Gasteiger partial charge in [0.1, 0.15) is 17.9 Å². The Bertz CT molecular complexity index is 1360. The second kappa shape index (κ2) is 12.4. The van der Waals surface area contributed by atoms with E-state index in [0.717, 1.165) is 16.9 Å². The lowest BCUT2D eigenvalue weighted by Gasteiger charge is -2.26. The lowest BCUT2D eigenvalue weighted by atomic mass is 10.1. The zero-order chi connectivity index (χ0) is 27.1. The molecule has 9 heteroatoms. The zero-order valence-electron chi connectivity index (χ0n) is 21.0. The highest BCUT2D eigenvalue weighted by molar-refractivity contribution is 9.10. The molecule has 196 valence electrons. The molecule has 1 saturated heterocycles. The number of nitrogens with zero attached hydrogens (tertiary/aromatic N) is 1. The van der Waals surface area contributed by atoms with Crippen LogP contribution >= 0.6 is 15.9 Å². The average molecular weight is 579 g/mol. The lowest BCUT2D eigenvalue weighted by Crippen LogP contribution is -2.54. The molecule has 0 spiro atoms. The maximum atomic E-state index is 13.4. The number of imide groups is 2. The number of benzene rings is 3. The van der Waals surface area contributed by atoms with Crippen molar-refractivity contribution in [3.8, 4) is 17.2 Å². The van der Waals surface area contributed by atoms with Crippen molar-refractivity contribution < 1.29 is 28.6 Å². The summed E-state index contributed by atoms with van der Waals surface area (Å²) in [5.74, 6) is 0.0856. The summed E-state index contributed by atoms with van der Waals surface area (Å²) in [6.45, 7) is 5.16. The van der Waals surface area contributed by atoms with Crippen molar-refractivity contribution in [3.05, 3.63) is 87.9 Å². The molecule has 1 aliphatic rings. The van der Waals surface area contributed by atoms with E-state index < -0.39 is 17.8 Å². The van der Waals surface area contributed by atoms with Gasteiger partial charge in [0, 0.05) is 4.47 Å². The number of hydrogen-bond acceptors (Lipinski definition) is 6. The summed E-state index contributed by atoms with van der Waals surface area (Å²) in [4.78, 5) is 39.6. The van der Waals surface area contributed by atoms with E-state index >= 15 is 0 Å². The molecule has 0 aliphatic carbocycles. The van der Waals surface area contributed by atoms with Gasteiger partial charge in [0.15, 0.2) is 11.5 Å². The second-order valence-corrected chi connectivity index (χ2v) is 9.18. The van der Waals surface area contributed by atoms with Crippen molar-refractivity contribution in [2.75, 3.05) is 18.1 Å². The Hall–Kier alpha value is -4.11. The Labute approximate surface area is 229 Å². The van der Waals surface area contributed by atoms with Crippen molar-refractivity contribution in [1.82, 2.24) is 5.32 Å². The largest absolute Gasteiger partial charge is 0.490 e. The van der Waals surface area contributed by atoms with Crippen LogP contribution in [0, 0.1) is 0 Å². The van der Waals surface area contributed by atoms with Crippen LogP contribution in [0.5, 0.6) is 17.2 Å². The minimum Gasteiger partial charge on any atom is -0.490 e. The van der Waals surface area contributed by atoms with Gasteiger partial charge in [0.2, 0.25) is 0 Å². The fourth-order valence-corrected chi connectivity index (χ4v) is 4.17. The van der Waals surface area contributed by atoms with Gasteiger partial charge >= 0.3 is 6.03 Å². The molecule has 1 N–H and O–H groups in total. The molecule has 1 aliphatic heterocycles. The van der Waals surface area contributed by atoms with Gasteiger partial charge in [-0.3, -0.25) is 14.9 Å². The quantitative estimate of drug-likeness (QED) is 0.238. The van der Waals surface area contributed by atoms with Gasteiger partial charge in [-0.2, -0.15) is 0 Å². The van der Waals surface area contributed by atoms with Crippen LogP contribution in [0.4, 0.5) is 10.5 Å². The Kier molecular flexibility index (Phi) is 8.81. The predicted molar refractivity (Wildman–Crippen MR) is 147 cm³/mol. The van der Waals surface area contributed by atoms with Gasteiger partial charge in [-0.05, 0) is 66.9 Å². The van der Waals surface area contributed by atoms with E-state index in [1.165, 1.54) is 6.08 Å². The van der Waals surface area contributed by atoms with Gasteiger partial charge in [-0.1, -0.05) is 53.2 Å². The van der Waals surface area contributed by atoms with Crippen molar-refractivity contribution in [2.24, 2.45) is 0 Å². The Balaban J connectivity index is 1.58. The van der Waals surface area contributed by atoms with Crippen molar-refractivity contribution >= 4 is 45.5 Å². The highest BCUT2D eigenvalue weighted by Crippen LogP contribution is 2.35. The summed E-state index contributed by atoms with van der Waals surface area (Å²) in [5, 5.41) is 2.24. The fourth-order valence-electron chi connectivity index (χ4n) is 3.73.